The molecule has 1 aliphatic carbocycles. The van der Waals surface area contributed by atoms with E-state index in [0.29, 0.717) is 30.9 Å². The quantitative estimate of drug-likeness (QED) is 0.691. The fourth-order valence-corrected chi connectivity index (χ4v) is 4.65. The molecule has 1 saturated carbocycles. The Hall–Kier alpha value is -2.17. The van der Waals surface area contributed by atoms with E-state index in [0.717, 1.165) is 30.5 Å². The number of hydrogen-bond acceptors (Lipinski definition) is 3. The normalized spacial score (nSPS) is 19.7. The minimum absolute atomic E-state index is 0.0977. The van der Waals surface area contributed by atoms with Crippen LogP contribution in [-0.4, -0.2) is 30.2 Å². The fraction of sp³-hybridized carbons (Fsp3) is 0.625. The molecule has 2 aliphatic rings. The number of rotatable bonds is 7. The summed E-state index contributed by atoms with van der Waals surface area (Å²) in [5.74, 6) is 0.760. The molecule has 0 radical (unpaired) electrons. The molecular formula is C24H34N2O3. The lowest BCUT2D eigenvalue weighted by Gasteiger charge is -2.29. The molecule has 1 heterocycles. The second-order valence-electron chi connectivity index (χ2n) is 8.67. The van der Waals surface area contributed by atoms with Gasteiger partial charge in [-0.05, 0) is 49.4 Å². The summed E-state index contributed by atoms with van der Waals surface area (Å²) in [5, 5.41) is 2.92. The number of ketones is 1. The van der Waals surface area contributed by atoms with E-state index in [-0.39, 0.29) is 30.1 Å². The Bertz CT molecular complexity index is 752. The molecule has 2 amide bonds. The Balaban J connectivity index is 1.78. The van der Waals surface area contributed by atoms with Crippen LogP contribution in [0.5, 0.6) is 0 Å². The molecule has 29 heavy (non-hydrogen) atoms. The number of anilines is 1. The molecule has 1 aliphatic heterocycles. The molecule has 1 aromatic carbocycles. The summed E-state index contributed by atoms with van der Waals surface area (Å²) in [4.78, 5) is 39.8. The van der Waals surface area contributed by atoms with Gasteiger partial charge in [0.15, 0.2) is 0 Å². The highest BCUT2D eigenvalue weighted by atomic mass is 16.2. The molecule has 1 fully saturated rings. The van der Waals surface area contributed by atoms with E-state index >= 15 is 0 Å². The Kier molecular flexibility index (Phi) is 7.45. The molecule has 0 saturated heterocycles. The Morgan fingerprint density at radius 2 is 1.97 bits per heavy atom. The van der Waals surface area contributed by atoms with Crippen LogP contribution in [0.3, 0.4) is 0 Å². The van der Waals surface area contributed by atoms with Crippen LogP contribution in [0.4, 0.5) is 5.69 Å². The van der Waals surface area contributed by atoms with E-state index in [4.69, 9.17) is 0 Å². The first-order valence-corrected chi connectivity index (χ1v) is 11.2. The number of nitrogens with zero attached hydrogens (tertiary/aromatic N) is 1. The molecule has 5 nitrogen and oxygen atoms in total. The fourth-order valence-electron chi connectivity index (χ4n) is 4.65. The number of unbranched alkanes of at least 4 members (excludes halogenated alkanes) is 1. The lowest BCUT2D eigenvalue weighted by Crippen LogP contribution is -2.39. The van der Waals surface area contributed by atoms with E-state index in [1.165, 1.54) is 25.7 Å². The predicted molar refractivity (Wildman–Crippen MR) is 115 cm³/mol. The first kappa shape index (κ1) is 21.5. The molecule has 3 rings (SSSR count). The molecule has 1 N–H and O–H groups in total. The van der Waals surface area contributed by atoms with Crippen LogP contribution in [0.15, 0.2) is 18.2 Å². The first-order valence-electron chi connectivity index (χ1n) is 11.2. The van der Waals surface area contributed by atoms with Crippen molar-refractivity contribution in [2.45, 2.75) is 84.1 Å². The van der Waals surface area contributed by atoms with Gasteiger partial charge in [-0.2, -0.15) is 0 Å². The molecule has 0 bridgehead atoms. The summed E-state index contributed by atoms with van der Waals surface area (Å²) < 4.78 is 0. The molecule has 158 valence electrons. The third-order valence-corrected chi connectivity index (χ3v) is 6.28. The molecule has 1 atom stereocenters. The maximum atomic E-state index is 13.1. The number of carbonyl (C=O) groups is 3. The van der Waals surface area contributed by atoms with Gasteiger partial charge >= 0.3 is 0 Å². The van der Waals surface area contributed by atoms with Gasteiger partial charge in [0.05, 0.1) is 0 Å². The summed E-state index contributed by atoms with van der Waals surface area (Å²) in [7, 11) is 0. The maximum Gasteiger partial charge on any atom is 0.251 e. The van der Waals surface area contributed by atoms with Crippen molar-refractivity contribution >= 4 is 23.3 Å². The van der Waals surface area contributed by atoms with Gasteiger partial charge in [0.25, 0.3) is 5.91 Å². The van der Waals surface area contributed by atoms with Gasteiger partial charge in [0.1, 0.15) is 5.78 Å². The van der Waals surface area contributed by atoms with Crippen LogP contribution in [0, 0.1) is 5.92 Å². The second kappa shape index (κ2) is 10.0. The van der Waals surface area contributed by atoms with Crippen LogP contribution in [-0.2, 0) is 16.0 Å². The largest absolute Gasteiger partial charge is 0.352 e. The lowest BCUT2D eigenvalue weighted by molar-refractivity contribution is -0.120. The zero-order chi connectivity index (χ0) is 20.8. The van der Waals surface area contributed by atoms with Crippen LogP contribution in [0.2, 0.25) is 0 Å². The van der Waals surface area contributed by atoms with Gasteiger partial charge < -0.3 is 10.2 Å². The summed E-state index contributed by atoms with van der Waals surface area (Å²) in [6.45, 7) is 4.68. The van der Waals surface area contributed by atoms with Crippen molar-refractivity contribution in [3.05, 3.63) is 29.3 Å². The van der Waals surface area contributed by atoms with E-state index in [2.05, 4.69) is 12.2 Å². The van der Waals surface area contributed by atoms with Crippen LogP contribution in [0.1, 0.15) is 87.6 Å². The highest BCUT2D eigenvalue weighted by Gasteiger charge is 2.30. The summed E-state index contributed by atoms with van der Waals surface area (Å²) in [6, 6.07) is 5.28. The third kappa shape index (κ3) is 5.46. The highest BCUT2D eigenvalue weighted by molar-refractivity contribution is 6.00. The summed E-state index contributed by atoms with van der Waals surface area (Å²) in [5.41, 5.74) is 2.14. The number of nitrogens with one attached hydrogen (secondary N) is 1. The molecule has 1 unspecified atom stereocenters. The SMILES string of the molecule is CCCCNC(=O)c1ccc2c(c1)CC(=O)CC(C)N2C(=O)CCC1CCCC1. The van der Waals surface area contributed by atoms with Gasteiger partial charge in [-0.25, -0.2) is 0 Å². The van der Waals surface area contributed by atoms with Gasteiger partial charge in [-0.1, -0.05) is 39.0 Å². The van der Waals surface area contributed by atoms with E-state index in [1.54, 1.807) is 12.1 Å². The molecule has 1 aromatic rings. The topological polar surface area (TPSA) is 66.5 Å². The van der Waals surface area contributed by atoms with Crippen molar-refractivity contribution < 1.29 is 14.4 Å². The zero-order valence-corrected chi connectivity index (χ0v) is 17.8. The predicted octanol–water partition coefficient (Wildman–Crippen LogP) is 4.42. The van der Waals surface area contributed by atoms with Gasteiger partial charge in [-0.15, -0.1) is 0 Å². The number of Topliss-reactive ketones (excluding diaryl/α,β-unsaturated/α-hetero) is 1. The minimum atomic E-state index is -0.149. The highest BCUT2D eigenvalue weighted by Crippen LogP contribution is 2.32. The van der Waals surface area contributed by atoms with Gasteiger partial charge in [-0.3, -0.25) is 14.4 Å². The summed E-state index contributed by atoms with van der Waals surface area (Å²) >= 11 is 0. The van der Waals surface area contributed by atoms with E-state index in [1.807, 2.05) is 17.9 Å². The molecule has 0 spiro atoms. The first-order chi connectivity index (χ1) is 14.0. The van der Waals surface area contributed by atoms with Crippen molar-refractivity contribution in [1.29, 1.82) is 0 Å². The Morgan fingerprint density at radius 1 is 1.21 bits per heavy atom. The third-order valence-electron chi connectivity index (χ3n) is 6.28. The lowest BCUT2D eigenvalue weighted by atomic mass is 10.0. The standard InChI is InChI=1S/C24H34N2O3/c1-3-4-13-25-24(29)19-10-11-22-20(15-19)16-21(27)14-17(2)26(22)23(28)12-9-18-7-5-6-8-18/h10-11,15,17-18H,3-9,12-14,16H2,1-2H3,(H,25,29). The van der Waals surface area contributed by atoms with Crippen molar-refractivity contribution in [3.8, 4) is 0 Å². The number of hydrogen-bond donors (Lipinski definition) is 1. The van der Waals surface area contributed by atoms with Crippen LogP contribution >= 0.6 is 0 Å². The Morgan fingerprint density at radius 3 is 2.69 bits per heavy atom. The maximum absolute atomic E-state index is 13.1. The smallest absolute Gasteiger partial charge is 0.251 e. The van der Waals surface area contributed by atoms with E-state index in [9.17, 15) is 14.4 Å². The minimum Gasteiger partial charge on any atom is -0.352 e. The second-order valence-corrected chi connectivity index (χ2v) is 8.67. The van der Waals surface area contributed by atoms with Crippen LogP contribution in [0.25, 0.3) is 0 Å². The average molecular weight is 399 g/mol. The molecular weight excluding hydrogens is 364 g/mol. The number of benzene rings is 1. The molecule has 0 aromatic heterocycles. The van der Waals surface area contributed by atoms with E-state index < -0.39 is 0 Å². The van der Waals surface area contributed by atoms with Crippen molar-refractivity contribution in [3.63, 3.8) is 0 Å². The zero-order valence-electron chi connectivity index (χ0n) is 17.8. The number of fused-ring (bicyclic) bond motifs is 1. The van der Waals surface area contributed by atoms with Crippen LogP contribution < -0.4 is 10.2 Å². The number of amides is 2. The van der Waals surface area contributed by atoms with Gasteiger partial charge in [0, 0.05) is 43.1 Å². The average Bonchev–Trinajstić information content (AvgIpc) is 3.17. The monoisotopic (exact) mass is 398 g/mol. The van der Waals surface area contributed by atoms with Crippen molar-refractivity contribution in [2.75, 3.05) is 11.4 Å². The van der Waals surface area contributed by atoms with Crippen molar-refractivity contribution in [1.82, 2.24) is 5.32 Å². The van der Waals surface area contributed by atoms with Crippen molar-refractivity contribution in [2.24, 2.45) is 5.92 Å². The number of carbonyl (C=O) groups excluding carboxylic acids is 3. The molecule has 5 heteroatoms. The Labute approximate surface area is 174 Å². The summed E-state index contributed by atoms with van der Waals surface area (Å²) in [6.07, 6.45) is 9.08. The van der Waals surface area contributed by atoms with Gasteiger partial charge in [0.2, 0.25) is 5.91 Å².